The molecule has 1 aliphatic rings. The third kappa shape index (κ3) is 3.47. The Morgan fingerprint density at radius 1 is 1.26 bits per heavy atom. The number of ether oxygens (including phenoxy) is 2. The van der Waals surface area contributed by atoms with E-state index in [2.05, 4.69) is 6.92 Å². The summed E-state index contributed by atoms with van der Waals surface area (Å²) in [4.78, 5) is 14.0. The number of benzene rings is 1. The quantitative estimate of drug-likeness (QED) is 0.836. The number of rotatable bonds is 3. The van der Waals surface area contributed by atoms with Crippen molar-refractivity contribution in [3.05, 3.63) is 29.3 Å². The van der Waals surface area contributed by atoms with Crippen molar-refractivity contribution >= 4 is 5.91 Å². The molecule has 1 amide bonds. The Kier molecular flexibility index (Phi) is 4.43. The van der Waals surface area contributed by atoms with E-state index < -0.39 is 6.10 Å². The van der Waals surface area contributed by atoms with E-state index in [1.807, 2.05) is 25.1 Å². The number of carbonyl (C=O) groups excluding carboxylic acids is 1. The van der Waals surface area contributed by atoms with Crippen molar-refractivity contribution in [3.63, 3.8) is 0 Å². The summed E-state index contributed by atoms with van der Waals surface area (Å²) >= 11 is 0. The van der Waals surface area contributed by atoms with Crippen LogP contribution >= 0.6 is 0 Å². The average Bonchev–Trinajstić information content (AvgIpc) is 2.43. The molecule has 2 rings (SSSR count). The highest BCUT2D eigenvalue weighted by Crippen LogP contribution is 2.18. The molecule has 0 aromatic heterocycles. The van der Waals surface area contributed by atoms with Gasteiger partial charge in [-0.2, -0.15) is 0 Å². The second-order valence-electron chi connectivity index (χ2n) is 4.94. The molecule has 0 saturated carbocycles. The standard InChI is InChI=1S/C15H21NO3/c1-11-4-5-14(10-12(11)2)19-13(3)15(17)16-6-8-18-9-7-16/h4-5,10,13H,6-9H2,1-3H3/t13-/m1/s1. The summed E-state index contributed by atoms with van der Waals surface area (Å²) in [6.07, 6.45) is -0.458. The van der Waals surface area contributed by atoms with E-state index in [0.717, 1.165) is 5.75 Å². The van der Waals surface area contributed by atoms with Crippen molar-refractivity contribution in [2.24, 2.45) is 0 Å². The zero-order valence-corrected chi connectivity index (χ0v) is 11.8. The summed E-state index contributed by atoms with van der Waals surface area (Å²) in [5.74, 6) is 0.777. The first kappa shape index (κ1) is 13.9. The van der Waals surface area contributed by atoms with Gasteiger partial charge in [-0.1, -0.05) is 6.07 Å². The van der Waals surface area contributed by atoms with Crippen LogP contribution in [0.3, 0.4) is 0 Å². The maximum atomic E-state index is 12.2. The average molecular weight is 263 g/mol. The third-order valence-electron chi connectivity index (χ3n) is 3.46. The SMILES string of the molecule is Cc1ccc(O[C@H](C)C(=O)N2CCOCC2)cc1C. The molecule has 0 spiro atoms. The van der Waals surface area contributed by atoms with Gasteiger partial charge in [-0.05, 0) is 44.0 Å². The van der Waals surface area contributed by atoms with Gasteiger partial charge in [0.1, 0.15) is 5.75 Å². The van der Waals surface area contributed by atoms with Crippen LogP contribution in [0.1, 0.15) is 18.1 Å². The fraction of sp³-hybridized carbons (Fsp3) is 0.533. The first-order valence-corrected chi connectivity index (χ1v) is 6.68. The lowest BCUT2D eigenvalue weighted by Gasteiger charge is -2.29. The molecular weight excluding hydrogens is 242 g/mol. The van der Waals surface area contributed by atoms with Crippen molar-refractivity contribution in [2.45, 2.75) is 26.9 Å². The molecule has 0 N–H and O–H groups in total. The maximum Gasteiger partial charge on any atom is 0.263 e. The van der Waals surface area contributed by atoms with Crippen LogP contribution in [0.4, 0.5) is 0 Å². The van der Waals surface area contributed by atoms with Crippen molar-refractivity contribution < 1.29 is 14.3 Å². The van der Waals surface area contributed by atoms with E-state index in [4.69, 9.17) is 9.47 Å². The van der Waals surface area contributed by atoms with Crippen LogP contribution in [0.2, 0.25) is 0 Å². The molecule has 1 fully saturated rings. The summed E-state index contributed by atoms with van der Waals surface area (Å²) in [5, 5.41) is 0. The number of morpholine rings is 1. The van der Waals surface area contributed by atoms with Gasteiger partial charge in [-0.25, -0.2) is 0 Å². The lowest BCUT2D eigenvalue weighted by atomic mass is 10.1. The van der Waals surface area contributed by atoms with Crippen LogP contribution in [-0.2, 0) is 9.53 Å². The Morgan fingerprint density at radius 3 is 2.58 bits per heavy atom. The zero-order chi connectivity index (χ0) is 13.8. The van der Waals surface area contributed by atoms with Crippen LogP contribution in [0.15, 0.2) is 18.2 Å². The minimum Gasteiger partial charge on any atom is -0.481 e. The van der Waals surface area contributed by atoms with Gasteiger partial charge < -0.3 is 14.4 Å². The van der Waals surface area contributed by atoms with Crippen LogP contribution in [0, 0.1) is 13.8 Å². The molecule has 0 unspecified atom stereocenters. The topological polar surface area (TPSA) is 38.8 Å². The van der Waals surface area contributed by atoms with E-state index >= 15 is 0 Å². The van der Waals surface area contributed by atoms with Crippen LogP contribution in [0.5, 0.6) is 5.75 Å². The minimum atomic E-state index is -0.458. The van der Waals surface area contributed by atoms with Gasteiger partial charge in [0, 0.05) is 13.1 Å². The van der Waals surface area contributed by atoms with Gasteiger partial charge in [0.15, 0.2) is 6.10 Å². The fourth-order valence-electron chi connectivity index (χ4n) is 2.08. The smallest absolute Gasteiger partial charge is 0.263 e. The molecule has 0 aliphatic carbocycles. The number of nitrogens with zero attached hydrogens (tertiary/aromatic N) is 1. The van der Waals surface area contributed by atoms with Crippen molar-refractivity contribution in [2.75, 3.05) is 26.3 Å². The molecule has 1 heterocycles. The summed E-state index contributed by atoms with van der Waals surface area (Å²) < 4.78 is 11.0. The molecule has 0 bridgehead atoms. The first-order valence-electron chi connectivity index (χ1n) is 6.68. The molecule has 1 saturated heterocycles. The molecule has 0 radical (unpaired) electrons. The van der Waals surface area contributed by atoms with E-state index in [9.17, 15) is 4.79 Å². The number of hydrogen-bond donors (Lipinski definition) is 0. The van der Waals surface area contributed by atoms with E-state index in [1.165, 1.54) is 11.1 Å². The fourth-order valence-corrected chi connectivity index (χ4v) is 2.08. The molecule has 1 aromatic rings. The summed E-state index contributed by atoms with van der Waals surface area (Å²) in [6, 6.07) is 5.89. The largest absolute Gasteiger partial charge is 0.481 e. The normalized spacial score (nSPS) is 17.1. The predicted octanol–water partition coefficient (Wildman–Crippen LogP) is 1.93. The highest BCUT2D eigenvalue weighted by Gasteiger charge is 2.23. The monoisotopic (exact) mass is 263 g/mol. The lowest BCUT2D eigenvalue weighted by Crippen LogP contribution is -2.46. The van der Waals surface area contributed by atoms with Gasteiger partial charge in [-0.3, -0.25) is 4.79 Å². The summed E-state index contributed by atoms with van der Waals surface area (Å²) in [5.41, 5.74) is 2.39. The Labute approximate surface area is 114 Å². The second kappa shape index (κ2) is 6.06. The van der Waals surface area contributed by atoms with E-state index in [1.54, 1.807) is 11.8 Å². The van der Waals surface area contributed by atoms with Crippen LogP contribution < -0.4 is 4.74 Å². The maximum absolute atomic E-state index is 12.2. The first-order chi connectivity index (χ1) is 9.08. The highest BCUT2D eigenvalue weighted by atomic mass is 16.5. The summed E-state index contributed by atoms with van der Waals surface area (Å²) in [6.45, 7) is 8.42. The van der Waals surface area contributed by atoms with Crippen molar-refractivity contribution in [1.82, 2.24) is 4.90 Å². The second-order valence-corrected chi connectivity index (χ2v) is 4.94. The van der Waals surface area contributed by atoms with Crippen molar-refractivity contribution in [3.8, 4) is 5.75 Å². The zero-order valence-electron chi connectivity index (χ0n) is 11.8. The van der Waals surface area contributed by atoms with Crippen LogP contribution in [0.25, 0.3) is 0 Å². The summed E-state index contributed by atoms with van der Waals surface area (Å²) in [7, 11) is 0. The molecule has 104 valence electrons. The highest BCUT2D eigenvalue weighted by molar-refractivity contribution is 5.81. The Bertz CT molecular complexity index is 453. The molecule has 1 aliphatic heterocycles. The van der Waals surface area contributed by atoms with E-state index in [-0.39, 0.29) is 5.91 Å². The van der Waals surface area contributed by atoms with Gasteiger partial charge in [0.05, 0.1) is 13.2 Å². The Morgan fingerprint density at radius 2 is 1.95 bits per heavy atom. The lowest BCUT2D eigenvalue weighted by molar-refractivity contribution is -0.142. The number of hydrogen-bond acceptors (Lipinski definition) is 3. The molecule has 4 heteroatoms. The van der Waals surface area contributed by atoms with Gasteiger partial charge >= 0.3 is 0 Å². The minimum absolute atomic E-state index is 0.0292. The number of amides is 1. The third-order valence-corrected chi connectivity index (χ3v) is 3.46. The van der Waals surface area contributed by atoms with Crippen LogP contribution in [-0.4, -0.2) is 43.2 Å². The van der Waals surface area contributed by atoms with Gasteiger partial charge in [-0.15, -0.1) is 0 Å². The van der Waals surface area contributed by atoms with Crippen molar-refractivity contribution in [1.29, 1.82) is 0 Å². The van der Waals surface area contributed by atoms with Gasteiger partial charge in [0.2, 0.25) is 0 Å². The molecule has 1 atom stereocenters. The predicted molar refractivity (Wildman–Crippen MR) is 73.4 cm³/mol. The molecule has 19 heavy (non-hydrogen) atoms. The number of aryl methyl sites for hydroxylation is 2. The van der Waals surface area contributed by atoms with Gasteiger partial charge in [0.25, 0.3) is 5.91 Å². The Hall–Kier alpha value is -1.55. The Balaban J connectivity index is 1.97. The van der Waals surface area contributed by atoms with E-state index in [0.29, 0.717) is 26.3 Å². The molecule has 4 nitrogen and oxygen atoms in total. The molecule has 1 aromatic carbocycles. The number of carbonyl (C=O) groups is 1. The molecular formula is C15H21NO3.